The second-order valence-corrected chi connectivity index (χ2v) is 7.76. The first-order valence-corrected chi connectivity index (χ1v) is 10.3. The maximum absolute atomic E-state index is 14.2. The Morgan fingerprint density at radius 3 is 2.55 bits per heavy atom. The minimum Gasteiger partial charge on any atom is -0.383 e. The smallest absolute Gasteiger partial charge is 0.159 e. The average Bonchev–Trinajstić information content (AvgIpc) is 3.45. The summed E-state index contributed by atoms with van der Waals surface area (Å²) >= 11 is 0. The van der Waals surface area contributed by atoms with Crippen LogP contribution in [-0.2, 0) is 0 Å². The van der Waals surface area contributed by atoms with E-state index in [1.165, 1.54) is 24.0 Å². The number of carbonyl (C=O) groups is 1. The van der Waals surface area contributed by atoms with Gasteiger partial charge < -0.3 is 10.3 Å². The quantitative estimate of drug-likeness (QED) is 0.410. The van der Waals surface area contributed by atoms with Crippen molar-refractivity contribution in [2.45, 2.75) is 19.9 Å². The molecule has 1 unspecified atom stereocenters. The summed E-state index contributed by atoms with van der Waals surface area (Å²) in [5, 5.41) is 9.08. The molecule has 0 aliphatic rings. The molecule has 0 radical (unpaired) electrons. The molecule has 0 spiro atoms. The Balaban J connectivity index is 1.60. The van der Waals surface area contributed by atoms with Crippen molar-refractivity contribution in [2.75, 3.05) is 5.73 Å². The van der Waals surface area contributed by atoms with Crippen LogP contribution in [0.15, 0.2) is 67.3 Å². The van der Waals surface area contributed by atoms with Crippen LogP contribution in [0.4, 0.5) is 10.2 Å². The molecule has 0 amide bonds. The molecule has 5 aromatic rings. The molecule has 0 aliphatic heterocycles. The third-order valence-corrected chi connectivity index (χ3v) is 5.70. The summed E-state index contributed by atoms with van der Waals surface area (Å²) in [5.74, 6) is -0.0326. The minimum absolute atomic E-state index is 0.00149. The molecule has 8 nitrogen and oxygen atoms in total. The van der Waals surface area contributed by atoms with Crippen molar-refractivity contribution >= 4 is 22.6 Å². The van der Waals surface area contributed by atoms with Gasteiger partial charge in [0, 0.05) is 17.3 Å². The molecule has 0 aliphatic carbocycles. The Bertz CT molecular complexity index is 1490. The van der Waals surface area contributed by atoms with Gasteiger partial charge in [-0.3, -0.25) is 4.79 Å². The topological polar surface area (TPSA) is 105 Å². The maximum atomic E-state index is 14.2. The zero-order valence-electron chi connectivity index (χ0n) is 18.0. The molecule has 0 saturated carbocycles. The fourth-order valence-corrected chi connectivity index (χ4v) is 3.87. The van der Waals surface area contributed by atoms with Gasteiger partial charge in [-0.05, 0) is 31.5 Å². The largest absolute Gasteiger partial charge is 0.383 e. The molecule has 0 bridgehead atoms. The summed E-state index contributed by atoms with van der Waals surface area (Å²) in [5.41, 5.74) is 10.2. The van der Waals surface area contributed by atoms with Crippen molar-refractivity contribution in [3.8, 4) is 16.8 Å². The van der Waals surface area contributed by atoms with Crippen molar-refractivity contribution in [3.63, 3.8) is 0 Å². The maximum Gasteiger partial charge on any atom is 0.159 e. The van der Waals surface area contributed by atoms with E-state index in [1.807, 2.05) is 29.8 Å². The Morgan fingerprint density at radius 1 is 1.06 bits per heavy atom. The number of halogens is 1. The third-order valence-electron chi connectivity index (χ3n) is 5.70. The number of para-hydroxylation sites is 1. The Hall–Kier alpha value is -4.40. The average molecular weight is 441 g/mol. The number of fused-ring (bicyclic) bond motifs is 1. The lowest BCUT2D eigenvalue weighted by atomic mass is 10.0. The van der Waals surface area contributed by atoms with Gasteiger partial charge in [-0.15, -0.1) is 5.10 Å². The molecule has 9 heteroatoms. The minimum atomic E-state index is -0.384. The molecule has 0 fully saturated rings. The SMILES string of the molecule is CC(=O)c1ccc(-c2cn(C(C)c3cn(-c4ccccc4F)nn3)c3ncnc(N)c23)cc1. The molecule has 1 atom stereocenters. The van der Waals surface area contributed by atoms with E-state index in [4.69, 9.17) is 5.73 Å². The van der Waals surface area contributed by atoms with Crippen LogP contribution in [-0.4, -0.2) is 35.3 Å². The van der Waals surface area contributed by atoms with E-state index in [1.54, 1.807) is 36.5 Å². The number of hydrogen-bond acceptors (Lipinski definition) is 6. The van der Waals surface area contributed by atoms with E-state index < -0.39 is 0 Å². The Kier molecular flexibility index (Phi) is 4.93. The first-order chi connectivity index (χ1) is 15.9. The van der Waals surface area contributed by atoms with Crippen LogP contribution in [0.5, 0.6) is 0 Å². The van der Waals surface area contributed by atoms with Crippen LogP contribution in [0.3, 0.4) is 0 Å². The lowest BCUT2D eigenvalue weighted by Crippen LogP contribution is -2.07. The fourth-order valence-electron chi connectivity index (χ4n) is 3.87. The van der Waals surface area contributed by atoms with E-state index >= 15 is 0 Å². The fraction of sp³-hybridized carbons (Fsp3) is 0.125. The molecule has 2 aromatic carbocycles. The second-order valence-electron chi connectivity index (χ2n) is 7.76. The number of Topliss-reactive ketones (excluding diaryl/α,β-unsaturated/α-hetero) is 1. The van der Waals surface area contributed by atoms with Gasteiger partial charge in [0.2, 0.25) is 0 Å². The number of ketones is 1. The lowest BCUT2D eigenvalue weighted by molar-refractivity contribution is 0.101. The first-order valence-electron chi connectivity index (χ1n) is 10.3. The van der Waals surface area contributed by atoms with Crippen LogP contribution >= 0.6 is 0 Å². The highest BCUT2D eigenvalue weighted by atomic mass is 19.1. The Labute approximate surface area is 188 Å². The van der Waals surface area contributed by atoms with Crippen LogP contribution < -0.4 is 5.73 Å². The molecular weight excluding hydrogens is 421 g/mol. The van der Waals surface area contributed by atoms with Gasteiger partial charge in [-0.1, -0.05) is 41.6 Å². The van der Waals surface area contributed by atoms with E-state index in [0.29, 0.717) is 33.8 Å². The van der Waals surface area contributed by atoms with Crippen LogP contribution in [0.25, 0.3) is 27.8 Å². The van der Waals surface area contributed by atoms with Gasteiger partial charge in [0.1, 0.15) is 35.0 Å². The zero-order chi connectivity index (χ0) is 23.1. The van der Waals surface area contributed by atoms with Crippen molar-refractivity contribution in [3.05, 3.63) is 84.3 Å². The van der Waals surface area contributed by atoms with E-state index in [2.05, 4.69) is 20.3 Å². The summed E-state index contributed by atoms with van der Waals surface area (Å²) in [7, 11) is 0. The van der Waals surface area contributed by atoms with Gasteiger partial charge in [-0.25, -0.2) is 19.0 Å². The predicted octanol–water partition coefficient (Wildman–Crippen LogP) is 4.21. The molecule has 5 rings (SSSR count). The van der Waals surface area contributed by atoms with Crippen LogP contribution in [0, 0.1) is 5.82 Å². The number of benzene rings is 2. The summed E-state index contributed by atoms with van der Waals surface area (Å²) in [6, 6.07) is 13.4. The van der Waals surface area contributed by atoms with Gasteiger partial charge in [-0.2, -0.15) is 0 Å². The molecule has 3 aromatic heterocycles. The lowest BCUT2D eigenvalue weighted by Gasteiger charge is -2.11. The summed E-state index contributed by atoms with van der Waals surface area (Å²) in [6.45, 7) is 3.49. The molecule has 0 saturated heterocycles. The number of aromatic nitrogens is 6. The highest BCUT2D eigenvalue weighted by Crippen LogP contribution is 2.35. The first kappa shape index (κ1) is 20.5. The van der Waals surface area contributed by atoms with Gasteiger partial charge in [0.15, 0.2) is 5.78 Å². The zero-order valence-corrected chi connectivity index (χ0v) is 18.0. The van der Waals surface area contributed by atoms with E-state index in [-0.39, 0.29) is 17.6 Å². The van der Waals surface area contributed by atoms with Crippen molar-refractivity contribution < 1.29 is 9.18 Å². The number of carbonyl (C=O) groups excluding carboxylic acids is 1. The molecular formula is C24H20FN7O. The summed E-state index contributed by atoms with van der Waals surface area (Å²) < 4.78 is 17.5. The van der Waals surface area contributed by atoms with E-state index in [0.717, 1.165) is 11.1 Å². The number of nitrogens with two attached hydrogens (primary N) is 1. The molecule has 33 heavy (non-hydrogen) atoms. The number of nitrogen functional groups attached to an aromatic ring is 1. The van der Waals surface area contributed by atoms with Crippen LogP contribution in [0.2, 0.25) is 0 Å². The summed E-state index contributed by atoms with van der Waals surface area (Å²) in [6.07, 6.45) is 5.05. The van der Waals surface area contributed by atoms with Crippen molar-refractivity contribution in [1.29, 1.82) is 0 Å². The standard InChI is InChI=1S/C24H20FN7O/c1-14(20-12-32(30-29-20)21-6-4-3-5-19(21)25)31-11-18(22-23(26)27-13-28-24(22)31)17-9-7-16(8-10-17)15(2)33/h3-14H,1-2H3,(H2,26,27,28). The Morgan fingerprint density at radius 2 is 1.82 bits per heavy atom. The number of nitrogens with zero attached hydrogens (tertiary/aromatic N) is 6. The predicted molar refractivity (Wildman–Crippen MR) is 123 cm³/mol. The van der Waals surface area contributed by atoms with Gasteiger partial charge >= 0.3 is 0 Å². The van der Waals surface area contributed by atoms with Crippen LogP contribution in [0.1, 0.15) is 35.9 Å². The molecule has 2 N–H and O–H groups in total. The highest BCUT2D eigenvalue weighted by molar-refractivity contribution is 6.01. The highest BCUT2D eigenvalue weighted by Gasteiger charge is 2.21. The van der Waals surface area contributed by atoms with Gasteiger partial charge in [0.05, 0.1) is 17.6 Å². The monoisotopic (exact) mass is 441 g/mol. The van der Waals surface area contributed by atoms with Gasteiger partial charge in [0.25, 0.3) is 0 Å². The number of rotatable bonds is 5. The molecule has 164 valence electrons. The van der Waals surface area contributed by atoms with Crippen molar-refractivity contribution in [2.24, 2.45) is 0 Å². The summed E-state index contributed by atoms with van der Waals surface area (Å²) in [4.78, 5) is 20.3. The third kappa shape index (κ3) is 3.53. The van der Waals surface area contributed by atoms with Crippen molar-refractivity contribution in [1.82, 2.24) is 29.5 Å². The molecule has 3 heterocycles. The number of anilines is 1. The normalized spacial score (nSPS) is 12.2. The number of hydrogen-bond donors (Lipinski definition) is 1. The second kappa shape index (κ2) is 7.94. The van der Waals surface area contributed by atoms with E-state index in [9.17, 15) is 9.18 Å².